The summed E-state index contributed by atoms with van der Waals surface area (Å²) >= 11 is 0. The number of hydrogen-bond donors (Lipinski definition) is 1. The van der Waals surface area contributed by atoms with Crippen LogP contribution in [-0.4, -0.2) is 37.2 Å². The molecule has 0 amide bonds. The van der Waals surface area contributed by atoms with E-state index in [0.29, 0.717) is 6.04 Å². The summed E-state index contributed by atoms with van der Waals surface area (Å²) in [6.07, 6.45) is 3.79. The number of piperidine rings is 1. The van der Waals surface area contributed by atoms with Crippen molar-refractivity contribution in [1.29, 1.82) is 0 Å². The van der Waals surface area contributed by atoms with Gasteiger partial charge in [-0.05, 0) is 51.9 Å². The minimum Gasteiger partial charge on any atom is -0.494 e. The van der Waals surface area contributed by atoms with E-state index in [9.17, 15) is 0 Å². The second kappa shape index (κ2) is 8.28. The second-order valence-corrected chi connectivity index (χ2v) is 5.54. The molecule has 1 aromatic rings. The second-order valence-electron chi connectivity index (χ2n) is 5.54. The predicted molar refractivity (Wildman–Crippen MR) is 84.2 cm³/mol. The van der Waals surface area contributed by atoms with Crippen LogP contribution in [0.3, 0.4) is 0 Å². The Balaban J connectivity index is 1.78. The van der Waals surface area contributed by atoms with Crippen LogP contribution in [0.1, 0.15) is 38.7 Å². The number of rotatable bonds is 7. The van der Waals surface area contributed by atoms with E-state index in [-0.39, 0.29) is 0 Å². The minimum atomic E-state index is 0.651. The lowest BCUT2D eigenvalue weighted by Gasteiger charge is -2.32. The normalized spacial score (nSPS) is 17.3. The summed E-state index contributed by atoms with van der Waals surface area (Å²) in [4.78, 5) is 2.58. The van der Waals surface area contributed by atoms with E-state index >= 15 is 0 Å². The molecule has 0 radical (unpaired) electrons. The summed E-state index contributed by atoms with van der Waals surface area (Å²) in [6.45, 7) is 9.65. The van der Waals surface area contributed by atoms with E-state index in [4.69, 9.17) is 4.74 Å². The van der Waals surface area contributed by atoms with Crippen LogP contribution < -0.4 is 10.1 Å². The van der Waals surface area contributed by atoms with Gasteiger partial charge in [0.05, 0.1) is 6.61 Å². The zero-order valence-electron chi connectivity index (χ0n) is 12.9. The zero-order chi connectivity index (χ0) is 14.2. The highest BCUT2D eigenvalue weighted by Gasteiger charge is 2.18. The molecule has 1 aliphatic rings. The van der Waals surface area contributed by atoms with Crippen LogP contribution in [0.25, 0.3) is 0 Å². The summed E-state index contributed by atoms with van der Waals surface area (Å²) in [5.74, 6) is 1.02. The van der Waals surface area contributed by atoms with Crippen LogP contribution in [0.15, 0.2) is 24.3 Å². The zero-order valence-corrected chi connectivity index (χ0v) is 12.9. The lowest BCUT2D eigenvalue weighted by Crippen LogP contribution is -2.42. The Morgan fingerprint density at radius 2 is 1.95 bits per heavy atom. The van der Waals surface area contributed by atoms with Crippen molar-refractivity contribution in [2.45, 2.75) is 45.7 Å². The van der Waals surface area contributed by atoms with Gasteiger partial charge in [-0.1, -0.05) is 25.1 Å². The fourth-order valence-electron chi connectivity index (χ4n) is 2.88. The van der Waals surface area contributed by atoms with Crippen molar-refractivity contribution in [3.63, 3.8) is 0 Å². The maximum Gasteiger partial charge on any atom is 0.123 e. The summed E-state index contributed by atoms with van der Waals surface area (Å²) in [6, 6.07) is 8.99. The van der Waals surface area contributed by atoms with Gasteiger partial charge in [-0.25, -0.2) is 0 Å². The van der Waals surface area contributed by atoms with E-state index in [2.05, 4.69) is 35.3 Å². The molecule has 0 aliphatic carbocycles. The maximum absolute atomic E-state index is 5.68. The number of ether oxygens (including phenoxy) is 1. The first kappa shape index (κ1) is 15.3. The lowest BCUT2D eigenvalue weighted by atomic mass is 10.0. The van der Waals surface area contributed by atoms with Crippen molar-refractivity contribution in [3.8, 4) is 5.75 Å². The molecule has 0 aromatic heterocycles. The Kier molecular flexibility index (Phi) is 6.34. The molecule has 1 heterocycles. The van der Waals surface area contributed by atoms with Gasteiger partial charge in [0.25, 0.3) is 0 Å². The van der Waals surface area contributed by atoms with Crippen LogP contribution >= 0.6 is 0 Å². The molecule has 0 unspecified atom stereocenters. The van der Waals surface area contributed by atoms with E-state index in [1.807, 2.05) is 13.0 Å². The molecule has 2 rings (SSSR count). The Morgan fingerprint density at radius 1 is 1.20 bits per heavy atom. The van der Waals surface area contributed by atoms with Crippen LogP contribution in [0.4, 0.5) is 0 Å². The molecule has 112 valence electrons. The Morgan fingerprint density at radius 3 is 2.65 bits per heavy atom. The number of likely N-dealkylation sites (tertiary alicyclic amines) is 1. The third-order valence-corrected chi connectivity index (χ3v) is 3.98. The Bertz CT molecular complexity index is 386. The molecule has 0 atom stereocenters. The standard InChI is InChI=1S/C17H28N2O/c1-3-11-19-12-9-16(10-13-19)18-14-15-7-5-6-8-17(15)20-4-2/h5-8,16,18H,3-4,9-14H2,1-2H3. The van der Waals surface area contributed by atoms with Gasteiger partial charge in [-0.3, -0.25) is 0 Å². The molecule has 1 aromatic carbocycles. The van der Waals surface area contributed by atoms with Crippen molar-refractivity contribution in [2.75, 3.05) is 26.2 Å². The molecular formula is C17H28N2O. The average molecular weight is 276 g/mol. The van der Waals surface area contributed by atoms with Crippen LogP contribution in [-0.2, 0) is 6.54 Å². The molecule has 0 bridgehead atoms. The van der Waals surface area contributed by atoms with E-state index in [1.54, 1.807) is 0 Å². The third-order valence-electron chi connectivity index (χ3n) is 3.98. The summed E-state index contributed by atoms with van der Waals surface area (Å²) in [7, 11) is 0. The van der Waals surface area contributed by atoms with E-state index < -0.39 is 0 Å². The molecule has 1 fully saturated rings. The van der Waals surface area contributed by atoms with Crippen LogP contribution in [0, 0.1) is 0 Å². The predicted octanol–water partition coefficient (Wildman–Crippen LogP) is 3.05. The molecular weight excluding hydrogens is 248 g/mol. The molecule has 1 saturated heterocycles. The van der Waals surface area contributed by atoms with Crippen molar-refractivity contribution in [2.24, 2.45) is 0 Å². The van der Waals surface area contributed by atoms with Gasteiger partial charge in [-0.2, -0.15) is 0 Å². The van der Waals surface area contributed by atoms with Crippen molar-refractivity contribution in [1.82, 2.24) is 10.2 Å². The van der Waals surface area contributed by atoms with Gasteiger partial charge in [0, 0.05) is 18.2 Å². The van der Waals surface area contributed by atoms with Gasteiger partial charge >= 0.3 is 0 Å². The van der Waals surface area contributed by atoms with Gasteiger partial charge in [0.2, 0.25) is 0 Å². The number of para-hydroxylation sites is 1. The topological polar surface area (TPSA) is 24.5 Å². The first-order valence-corrected chi connectivity index (χ1v) is 8.00. The van der Waals surface area contributed by atoms with Crippen molar-refractivity contribution >= 4 is 0 Å². The number of nitrogens with zero attached hydrogens (tertiary/aromatic N) is 1. The Labute approximate surface area is 123 Å². The van der Waals surface area contributed by atoms with E-state index in [0.717, 1.165) is 18.9 Å². The molecule has 1 aliphatic heterocycles. The van der Waals surface area contributed by atoms with Gasteiger partial charge in [0.1, 0.15) is 5.75 Å². The fourth-order valence-corrected chi connectivity index (χ4v) is 2.88. The monoisotopic (exact) mass is 276 g/mol. The Hall–Kier alpha value is -1.06. The number of hydrogen-bond acceptors (Lipinski definition) is 3. The molecule has 3 heteroatoms. The maximum atomic E-state index is 5.68. The minimum absolute atomic E-state index is 0.651. The number of nitrogens with one attached hydrogen (secondary N) is 1. The van der Waals surface area contributed by atoms with Gasteiger partial charge in [-0.15, -0.1) is 0 Å². The SMILES string of the molecule is CCCN1CCC(NCc2ccccc2OCC)CC1. The number of benzene rings is 1. The van der Waals surface area contributed by atoms with Gasteiger partial charge < -0.3 is 15.0 Å². The highest BCUT2D eigenvalue weighted by atomic mass is 16.5. The first-order valence-electron chi connectivity index (χ1n) is 8.00. The largest absolute Gasteiger partial charge is 0.494 e. The van der Waals surface area contributed by atoms with Crippen LogP contribution in [0.5, 0.6) is 5.75 Å². The summed E-state index contributed by atoms with van der Waals surface area (Å²) < 4.78 is 5.68. The smallest absolute Gasteiger partial charge is 0.123 e. The van der Waals surface area contributed by atoms with Gasteiger partial charge in [0.15, 0.2) is 0 Å². The summed E-state index contributed by atoms with van der Waals surface area (Å²) in [5, 5.41) is 3.69. The first-order chi connectivity index (χ1) is 9.83. The average Bonchev–Trinajstić information content (AvgIpc) is 2.48. The summed E-state index contributed by atoms with van der Waals surface area (Å²) in [5.41, 5.74) is 1.27. The fraction of sp³-hybridized carbons (Fsp3) is 0.647. The lowest BCUT2D eigenvalue weighted by molar-refractivity contribution is 0.197. The third kappa shape index (κ3) is 4.50. The van der Waals surface area contributed by atoms with E-state index in [1.165, 1.54) is 44.5 Å². The molecule has 0 saturated carbocycles. The van der Waals surface area contributed by atoms with Crippen molar-refractivity contribution < 1.29 is 4.74 Å². The molecule has 1 N–H and O–H groups in total. The molecule has 3 nitrogen and oxygen atoms in total. The molecule has 20 heavy (non-hydrogen) atoms. The molecule has 0 spiro atoms. The van der Waals surface area contributed by atoms with Crippen LogP contribution in [0.2, 0.25) is 0 Å². The quantitative estimate of drug-likeness (QED) is 0.828. The van der Waals surface area contributed by atoms with Crippen molar-refractivity contribution in [3.05, 3.63) is 29.8 Å². The highest BCUT2D eigenvalue weighted by molar-refractivity contribution is 5.33. The highest BCUT2D eigenvalue weighted by Crippen LogP contribution is 2.19.